The fraction of sp³-hybridized carbons (Fsp3) is 0.714. The molecule has 18 heavy (non-hydrogen) atoms. The van der Waals surface area contributed by atoms with E-state index in [4.69, 9.17) is 11.6 Å². The Morgan fingerprint density at radius 3 is 2.56 bits per heavy atom. The molecule has 2 unspecified atom stereocenters. The maximum Gasteiger partial charge on any atom is 0.134 e. The molecule has 0 amide bonds. The highest BCUT2D eigenvalue weighted by atomic mass is 35.5. The Morgan fingerprint density at radius 1 is 1.28 bits per heavy atom. The van der Waals surface area contributed by atoms with E-state index in [1.807, 2.05) is 6.07 Å². The van der Waals surface area contributed by atoms with Crippen molar-refractivity contribution in [3.8, 4) is 0 Å². The lowest BCUT2D eigenvalue weighted by Crippen LogP contribution is -2.39. The van der Waals surface area contributed by atoms with Crippen LogP contribution in [-0.2, 0) is 6.42 Å². The Hall–Kier alpha value is -0.830. The minimum absolute atomic E-state index is 0.564. The van der Waals surface area contributed by atoms with E-state index in [0.29, 0.717) is 5.15 Å². The highest BCUT2D eigenvalue weighted by molar-refractivity contribution is 6.29. The molecular formula is C14H22ClN3. The van der Waals surface area contributed by atoms with Crippen molar-refractivity contribution in [2.24, 2.45) is 11.8 Å². The molecule has 1 aromatic rings. The van der Waals surface area contributed by atoms with Gasteiger partial charge < -0.3 is 4.90 Å². The summed E-state index contributed by atoms with van der Waals surface area (Å²) in [6.45, 7) is 8.89. The first-order chi connectivity index (χ1) is 8.58. The summed E-state index contributed by atoms with van der Waals surface area (Å²) < 4.78 is 0. The summed E-state index contributed by atoms with van der Waals surface area (Å²) in [5.74, 6) is 3.30. The van der Waals surface area contributed by atoms with E-state index in [1.54, 1.807) is 0 Å². The molecule has 0 N–H and O–H groups in total. The molecule has 2 atom stereocenters. The van der Waals surface area contributed by atoms with Gasteiger partial charge in [0.1, 0.15) is 16.8 Å². The first-order valence-electron chi connectivity index (χ1n) is 6.87. The largest absolute Gasteiger partial charge is 0.356 e. The molecule has 0 spiro atoms. The SMILES string of the molecule is CCCc1nc(Cl)cc(N2CC(C)CC(C)C2)n1. The topological polar surface area (TPSA) is 29.0 Å². The fourth-order valence-corrected chi connectivity index (χ4v) is 2.99. The van der Waals surface area contributed by atoms with Crippen LogP contribution in [0.25, 0.3) is 0 Å². The van der Waals surface area contributed by atoms with Gasteiger partial charge in [0, 0.05) is 25.6 Å². The zero-order valence-corrected chi connectivity index (χ0v) is 12.2. The highest BCUT2D eigenvalue weighted by Crippen LogP contribution is 2.26. The summed E-state index contributed by atoms with van der Waals surface area (Å²) in [5.41, 5.74) is 0. The van der Waals surface area contributed by atoms with E-state index in [0.717, 1.165) is 49.4 Å². The normalized spacial score (nSPS) is 24.3. The Labute approximate surface area is 115 Å². The van der Waals surface area contributed by atoms with Gasteiger partial charge >= 0.3 is 0 Å². The van der Waals surface area contributed by atoms with Gasteiger partial charge in [0.15, 0.2) is 0 Å². The number of aromatic nitrogens is 2. The lowest BCUT2D eigenvalue weighted by Gasteiger charge is -2.35. The van der Waals surface area contributed by atoms with Gasteiger partial charge in [-0.1, -0.05) is 32.4 Å². The standard InChI is InChI=1S/C14H22ClN3/c1-4-5-13-16-12(15)7-14(17-13)18-8-10(2)6-11(3)9-18/h7,10-11H,4-6,8-9H2,1-3H3. The molecular weight excluding hydrogens is 246 g/mol. The van der Waals surface area contributed by atoms with Gasteiger partial charge in [-0.25, -0.2) is 9.97 Å². The van der Waals surface area contributed by atoms with E-state index in [-0.39, 0.29) is 0 Å². The number of piperidine rings is 1. The van der Waals surface area contributed by atoms with Crippen LogP contribution in [0.5, 0.6) is 0 Å². The molecule has 0 saturated carbocycles. The van der Waals surface area contributed by atoms with E-state index in [2.05, 4.69) is 35.6 Å². The van der Waals surface area contributed by atoms with Crippen molar-refractivity contribution in [3.05, 3.63) is 17.0 Å². The summed E-state index contributed by atoms with van der Waals surface area (Å²) in [4.78, 5) is 11.3. The second-order valence-electron chi connectivity index (χ2n) is 5.57. The summed E-state index contributed by atoms with van der Waals surface area (Å²) in [6.07, 6.45) is 3.25. The molecule has 1 aromatic heterocycles. The van der Waals surface area contributed by atoms with Crippen molar-refractivity contribution in [3.63, 3.8) is 0 Å². The zero-order chi connectivity index (χ0) is 13.1. The summed E-state index contributed by atoms with van der Waals surface area (Å²) in [7, 11) is 0. The Kier molecular flexibility index (Phi) is 4.44. The highest BCUT2D eigenvalue weighted by Gasteiger charge is 2.23. The zero-order valence-electron chi connectivity index (χ0n) is 11.5. The van der Waals surface area contributed by atoms with Crippen molar-refractivity contribution in [1.82, 2.24) is 9.97 Å². The Balaban J connectivity index is 2.21. The summed E-state index contributed by atoms with van der Waals surface area (Å²) in [5, 5.41) is 0.564. The molecule has 1 fully saturated rings. The predicted octanol–water partition coefficient (Wildman–Crippen LogP) is 3.56. The van der Waals surface area contributed by atoms with E-state index in [1.165, 1.54) is 6.42 Å². The van der Waals surface area contributed by atoms with Crippen LogP contribution in [0.2, 0.25) is 5.15 Å². The van der Waals surface area contributed by atoms with E-state index in [9.17, 15) is 0 Å². The smallest absolute Gasteiger partial charge is 0.134 e. The molecule has 100 valence electrons. The van der Waals surface area contributed by atoms with Gasteiger partial charge in [-0.15, -0.1) is 0 Å². The van der Waals surface area contributed by atoms with Crippen LogP contribution in [0.3, 0.4) is 0 Å². The van der Waals surface area contributed by atoms with Crippen LogP contribution in [0.15, 0.2) is 6.07 Å². The minimum atomic E-state index is 0.564. The third-order valence-corrected chi connectivity index (χ3v) is 3.59. The average Bonchev–Trinajstić information content (AvgIpc) is 2.27. The van der Waals surface area contributed by atoms with Gasteiger partial charge in [0.25, 0.3) is 0 Å². The summed E-state index contributed by atoms with van der Waals surface area (Å²) in [6, 6.07) is 1.89. The second-order valence-corrected chi connectivity index (χ2v) is 5.95. The molecule has 4 heteroatoms. The van der Waals surface area contributed by atoms with Crippen LogP contribution < -0.4 is 4.90 Å². The second kappa shape index (κ2) is 5.87. The number of halogens is 1. The molecule has 0 bridgehead atoms. The molecule has 0 aliphatic carbocycles. The van der Waals surface area contributed by atoms with Gasteiger partial charge in [-0.05, 0) is 24.7 Å². The molecule has 2 heterocycles. The number of hydrogen-bond acceptors (Lipinski definition) is 3. The van der Waals surface area contributed by atoms with Gasteiger partial charge in [-0.3, -0.25) is 0 Å². The number of aryl methyl sites for hydroxylation is 1. The average molecular weight is 268 g/mol. The van der Waals surface area contributed by atoms with Crippen LogP contribution in [0.1, 0.15) is 39.4 Å². The van der Waals surface area contributed by atoms with Crippen molar-refractivity contribution < 1.29 is 0 Å². The summed E-state index contributed by atoms with van der Waals surface area (Å²) >= 11 is 6.10. The van der Waals surface area contributed by atoms with Gasteiger partial charge in [0.05, 0.1) is 0 Å². The quantitative estimate of drug-likeness (QED) is 0.784. The van der Waals surface area contributed by atoms with Crippen molar-refractivity contribution in [1.29, 1.82) is 0 Å². The third-order valence-electron chi connectivity index (χ3n) is 3.39. The maximum atomic E-state index is 6.10. The van der Waals surface area contributed by atoms with Gasteiger partial charge in [0.2, 0.25) is 0 Å². The van der Waals surface area contributed by atoms with Crippen LogP contribution in [0.4, 0.5) is 5.82 Å². The van der Waals surface area contributed by atoms with Crippen LogP contribution in [0, 0.1) is 11.8 Å². The fourth-order valence-electron chi connectivity index (χ4n) is 2.80. The van der Waals surface area contributed by atoms with E-state index >= 15 is 0 Å². The minimum Gasteiger partial charge on any atom is -0.356 e. The molecule has 1 aliphatic rings. The maximum absolute atomic E-state index is 6.10. The molecule has 1 aliphatic heterocycles. The lowest BCUT2D eigenvalue weighted by molar-refractivity contribution is 0.355. The van der Waals surface area contributed by atoms with Crippen molar-refractivity contribution in [2.45, 2.75) is 40.0 Å². The molecule has 0 radical (unpaired) electrons. The first kappa shape index (κ1) is 13.6. The lowest BCUT2D eigenvalue weighted by atomic mass is 9.92. The van der Waals surface area contributed by atoms with Crippen molar-refractivity contribution in [2.75, 3.05) is 18.0 Å². The number of anilines is 1. The Bertz CT molecular complexity index is 398. The van der Waals surface area contributed by atoms with E-state index < -0.39 is 0 Å². The molecule has 3 nitrogen and oxygen atoms in total. The monoisotopic (exact) mass is 267 g/mol. The molecule has 0 aromatic carbocycles. The predicted molar refractivity (Wildman–Crippen MR) is 76.2 cm³/mol. The molecule has 1 saturated heterocycles. The molecule has 2 rings (SSSR count). The van der Waals surface area contributed by atoms with Crippen molar-refractivity contribution >= 4 is 17.4 Å². The Morgan fingerprint density at radius 2 is 1.94 bits per heavy atom. The number of nitrogens with zero attached hydrogens (tertiary/aromatic N) is 3. The third kappa shape index (κ3) is 3.35. The van der Waals surface area contributed by atoms with Crippen LogP contribution >= 0.6 is 11.6 Å². The van der Waals surface area contributed by atoms with Crippen LogP contribution in [-0.4, -0.2) is 23.1 Å². The van der Waals surface area contributed by atoms with Gasteiger partial charge in [-0.2, -0.15) is 0 Å². The first-order valence-corrected chi connectivity index (χ1v) is 7.24. The number of hydrogen-bond donors (Lipinski definition) is 0. The number of rotatable bonds is 3.